The smallest absolute Gasteiger partial charge is 0.411 e. The van der Waals surface area contributed by atoms with Gasteiger partial charge >= 0.3 is 6.36 Å². The minimum absolute atomic E-state index is 0.273. The molecular formula is C13H13F3N2O3. The number of nitrogens with zero attached hydrogens (tertiary/aromatic N) is 2. The molecule has 0 atom stereocenters. The van der Waals surface area contributed by atoms with E-state index in [1.54, 1.807) is 4.90 Å². The Morgan fingerprint density at radius 2 is 1.76 bits per heavy atom. The Balaban J connectivity index is 2.00. The van der Waals surface area contributed by atoms with Crippen molar-refractivity contribution in [2.24, 2.45) is 5.16 Å². The summed E-state index contributed by atoms with van der Waals surface area (Å²) in [7, 11) is 0. The summed E-state index contributed by atoms with van der Waals surface area (Å²) >= 11 is 0. The number of piperidine rings is 1. The molecule has 0 saturated carbocycles. The van der Waals surface area contributed by atoms with Crippen molar-refractivity contribution in [3.63, 3.8) is 0 Å². The highest BCUT2D eigenvalue weighted by atomic mass is 19.4. The number of rotatable bonds is 2. The van der Waals surface area contributed by atoms with Crippen LogP contribution >= 0.6 is 0 Å². The third-order valence-electron chi connectivity index (χ3n) is 3.10. The summed E-state index contributed by atoms with van der Waals surface area (Å²) in [6.45, 7) is 0.831. The maximum atomic E-state index is 12.2. The Morgan fingerprint density at radius 1 is 1.19 bits per heavy atom. The highest BCUT2D eigenvalue weighted by Crippen LogP contribution is 2.23. The molecular weight excluding hydrogens is 289 g/mol. The Bertz CT molecular complexity index is 531. The Kier molecular flexibility index (Phi) is 4.35. The minimum atomic E-state index is -4.75. The van der Waals surface area contributed by atoms with Gasteiger partial charge in [0.25, 0.3) is 5.91 Å². The van der Waals surface area contributed by atoms with E-state index >= 15 is 0 Å². The molecule has 0 radical (unpaired) electrons. The molecule has 2 rings (SSSR count). The Labute approximate surface area is 118 Å². The van der Waals surface area contributed by atoms with Gasteiger partial charge in [-0.05, 0) is 24.3 Å². The summed E-state index contributed by atoms with van der Waals surface area (Å²) in [5.74, 6) is -0.641. The van der Waals surface area contributed by atoms with Crippen LogP contribution in [0.25, 0.3) is 0 Å². The number of ether oxygens (including phenoxy) is 1. The first-order valence-corrected chi connectivity index (χ1v) is 6.24. The predicted molar refractivity (Wildman–Crippen MR) is 67.5 cm³/mol. The molecule has 21 heavy (non-hydrogen) atoms. The van der Waals surface area contributed by atoms with Crippen LogP contribution in [0.1, 0.15) is 23.2 Å². The summed E-state index contributed by atoms with van der Waals surface area (Å²) < 4.78 is 39.8. The van der Waals surface area contributed by atoms with Crippen molar-refractivity contribution >= 4 is 11.6 Å². The molecule has 0 unspecified atom stereocenters. The van der Waals surface area contributed by atoms with Crippen LogP contribution in [0.15, 0.2) is 29.4 Å². The third kappa shape index (κ3) is 4.11. The zero-order valence-corrected chi connectivity index (χ0v) is 10.9. The average Bonchev–Trinajstić information content (AvgIpc) is 2.46. The van der Waals surface area contributed by atoms with Gasteiger partial charge in [-0.1, -0.05) is 5.16 Å². The van der Waals surface area contributed by atoms with E-state index in [0.29, 0.717) is 31.6 Å². The lowest BCUT2D eigenvalue weighted by Crippen LogP contribution is -2.38. The van der Waals surface area contributed by atoms with Crippen LogP contribution in [0.4, 0.5) is 13.2 Å². The molecule has 0 aliphatic carbocycles. The number of alkyl halides is 3. The van der Waals surface area contributed by atoms with E-state index in [1.165, 1.54) is 12.1 Å². The fourth-order valence-corrected chi connectivity index (χ4v) is 2.05. The van der Waals surface area contributed by atoms with Crippen LogP contribution in [0.2, 0.25) is 0 Å². The molecule has 1 aliphatic heterocycles. The molecule has 0 spiro atoms. The number of carbonyl (C=O) groups excluding carboxylic acids is 1. The van der Waals surface area contributed by atoms with Gasteiger partial charge in [0.2, 0.25) is 0 Å². The maximum absolute atomic E-state index is 12.2. The van der Waals surface area contributed by atoms with Crippen LogP contribution in [-0.2, 0) is 0 Å². The number of halogens is 3. The SMILES string of the molecule is O=C(c1ccc(OC(F)(F)F)cc1)N1CCC(=NO)CC1. The van der Waals surface area contributed by atoms with Gasteiger partial charge in [-0.25, -0.2) is 0 Å². The summed E-state index contributed by atoms with van der Waals surface area (Å²) in [4.78, 5) is 13.7. The van der Waals surface area contributed by atoms with Crippen LogP contribution in [0.5, 0.6) is 5.75 Å². The van der Waals surface area contributed by atoms with E-state index in [2.05, 4.69) is 9.89 Å². The van der Waals surface area contributed by atoms with E-state index in [1.807, 2.05) is 0 Å². The number of likely N-dealkylation sites (tertiary alicyclic amines) is 1. The minimum Gasteiger partial charge on any atom is -0.411 e. The van der Waals surface area contributed by atoms with Gasteiger partial charge in [0, 0.05) is 31.5 Å². The third-order valence-corrected chi connectivity index (χ3v) is 3.10. The van der Waals surface area contributed by atoms with Gasteiger partial charge in [0.1, 0.15) is 5.75 Å². The zero-order chi connectivity index (χ0) is 15.5. The van der Waals surface area contributed by atoms with Gasteiger partial charge in [-0.3, -0.25) is 4.79 Å². The largest absolute Gasteiger partial charge is 0.573 e. The van der Waals surface area contributed by atoms with Crippen molar-refractivity contribution < 1.29 is 27.9 Å². The Hall–Kier alpha value is -2.25. The fourth-order valence-electron chi connectivity index (χ4n) is 2.05. The predicted octanol–water partition coefficient (Wildman–Crippen LogP) is 2.65. The number of carbonyl (C=O) groups is 1. The molecule has 1 N–H and O–H groups in total. The molecule has 1 heterocycles. The van der Waals surface area contributed by atoms with E-state index < -0.39 is 6.36 Å². The zero-order valence-electron chi connectivity index (χ0n) is 10.9. The van der Waals surface area contributed by atoms with Gasteiger partial charge in [-0.2, -0.15) is 0 Å². The van der Waals surface area contributed by atoms with E-state index in [0.717, 1.165) is 12.1 Å². The quantitative estimate of drug-likeness (QED) is 0.675. The second-order valence-corrected chi connectivity index (χ2v) is 4.53. The van der Waals surface area contributed by atoms with Crippen molar-refractivity contribution in [2.45, 2.75) is 19.2 Å². The second-order valence-electron chi connectivity index (χ2n) is 4.53. The first-order chi connectivity index (χ1) is 9.89. The van der Waals surface area contributed by atoms with Crippen molar-refractivity contribution in [1.29, 1.82) is 0 Å². The van der Waals surface area contributed by atoms with Gasteiger partial charge in [0.15, 0.2) is 0 Å². The van der Waals surface area contributed by atoms with Crippen LogP contribution in [-0.4, -0.2) is 41.2 Å². The molecule has 1 saturated heterocycles. The number of amides is 1. The molecule has 114 valence electrons. The molecule has 5 nitrogen and oxygen atoms in total. The lowest BCUT2D eigenvalue weighted by Gasteiger charge is -2.27. The molecule has 0 bridgehead atoms. The number of hydrogen-bond donors (Lipinski definition) is 1. The molecule has 1 aromatic carbocycles. The number of oxime groups is 1. The van der Waals surface area contributed by atoms with Crippen LogP contribution in [0, 0.1) is 0 Å². The summed E-state index contributed by atoms with van der Waals surface area (Å²) in [6.07, 6.45) is -3.78. The van der Waals surface area contributed by atoms with Gasteiger partial charge in [0.05, 0.1) is 5.71 Å². The summed E-state index contributed by atoms with van der Waals surface area (Å²) in [6, 6.07) is 4.79. The Morgan fingerprint density at radius 3 is 2.24 bits per heavy atom. The lowest BCUT2D eigenvalue weighted by atomic mass is 10.1. The number of hydrogen-bond acceptors (Lipinski definition) is 4. The number of benzene rings is 1. The highest BCUT2D eigenvalue weighted by Gasteiger charge is 2.31. The topological polar surface area (TPSA) is 62.1 Å². The van der Waals surface area contributed by atoms with E-state index in [9.17, 15) is 18.0 Å². The second kappa shape index (κ2) is 6.02. The average molecular weight is 302 g/mol. The molecule has 1 amide bonds. The van der Waals surface area contributed by atoms with E-state index in [-0.39, 0.29) is 17.2 Å². The molecule has 1 fully saturated rings. The highest BCUT2D eigenvalue weighted by molar-refractivity contribution is 5.96. The normalized spacial score (nSPS) is 15.8. The summed E-state index contributed by atoms with van der Waals surface area (Å²) in [5, 5.41) is 11.8. The van der Waals surface area contributed by atoms with Gasteiger partial charge < -0.3 is 14.8 Å². The fraction of sp³-hybridized carbons (Fsp3) is 0.385. The van der Waals surface area contributed by atoms with Crippen LogP contribution in [0.3, 0.4) is 0 Å². The van der Waals surface area contributed by atoms with Crippen molar-refractivity contribution in [3.8, 4) is 5.75 Å². The molecule has 0 aromatic heterocycles. The lowest BCUT2D eigenvalue weighted by molar-refractivity contribution is -0.274. The van der Waals surface area contributed by atoms with Crippen molar-refractivity contribution in [3.05, 3.63) is 29.8 Å². The monoisotopic (exact) mass is 302 g/mol. The van der Waals surface area contributed by atoms with Crippen LogP contribution < -0.4 is 4.74 Å². The first kappa shape index (κ1) is 15.1. The summed E-state index contributed by atoms with van der Waals surface area (Å²) in [5.41, 5.74) is 0.918. The molecule has 1 aromatic rings. The molecule has 1 aliphatic rings. The van der Waals surface area contributed by atoms with Crippen molar-refractivity contribution in [2.75, 3.05) is 13.1 Å². The first-order valence-electron chi connectivity index (χ1n) is 6.24. The maximum Gasteiger partial charge on any atom is 0.573 e. The van der Waals surface area contributed by atoms with Crippen molar-refractivity contribution in [1.82, 2.24) is 4.90 Å². The van der Waals surface area contributed by atoms with E-state index in [4.69, 9.17) is 5.21 Å². The molecule has 8 heteroatoms. The van der Waals surface area contributed by atoms with Gasteiger partial charge in [-0.15, -0.1) is 13.2 Å². The standard InChI is InChI=1S/C13H13F3N2O3/c14-13(15,16)21-11-3-1-9(2-4-11)12(19)18-7-5-10(17-20)6-8-18/h1-4,20H,5-8H2.